The van der Waals surface area contributed by atoms with Crippen LogP contribution in [0.15, 0.2) is 18.2 Å². The summed E-state index contributed by atoms with van der Waals surface area (Å²) in [5.74, 6) is -0.601. The van der Waals surface area contributed by atoms with Crippen molar-refractivity contribution in [3.63, 3.8) is 0 Å². The SMILES string of the molecule is CCN(CCCNC(=O)c1ccc(Cl)cc1[N+](=O)[O-])S(C)(=O)=O. The van der Waals surface area contributed by atoms with Gasteiger partial charge in [-0.1, -0.05) is 18.5 Å². The molecule has 0 saturated heterocycles. The Morgan fingerprint density at radius 1 is 1.43 bits per heavy atom. The Kier molecular flexibility index (Phi) is 6.92. The molecule has 0 fully saturated rings. The molecule has 1 amide bonds. The molecular formula is C13H18ClN3O5S. The fourth-order valence-corrected chi connectivity index (χ4v) is 3.05. The van der Waals surface area contributed by atoms with Gasteiger partial charge in [-0.25, -0.2) is 12.7 Å². The number of rotatable bonds is 8. The van der Waals surface area contributed by atoms with E-state index in [1.54, 1.807) is 6.92 Å². The number of nitrogens with zero attached hydrogens (tertiary/aromatic N) is 2. The predicted octanol–water partition coefficient (Wildman–Crippen LogP) is 1.65. The van der Waals surface area contributed by atoms with Crippen LogP contribution < -0.4 is 5.32 Å². The zero-order valence-electron chi connectivity index (χ0n) is 12.8. The molecule has 10 heteroatoms. The first-order valence-corrected chi connectivity index (χ1v) is 9.06. The third kappa shape index (κ3) is 5.77. The third-order valence-corrected chi connectivity index (χ3v) is 4.71. The molecule has 0 saturated carbocycles. The molecule has 0 unspecified atom stereocenters. The fourth-order valence-electron chi connectivity index (χ4n) is 1.96. The van der Waals surface area contributed by atoms with Crippen molar-refractivity contribution in [3.8, 4) is 0 Å². The number of hydrogen-bond acceptors (Lipinski definition) is 5. The van der Waals surface area contributed by atoms with E-state index < -0.39 is 20.9 Å². The van der Waals surface area contributed by atoms with Crippen LogP contribution in [0.1, 0.15) is 23.7 Å². The van der Waals surface area contributed by atoms with Gasteiger partial charge in [0.15, 0.2) is 0 Å². The van der Waals surface area contributed by atoms with Gasteiger partial charge >= 0.3 is 0 Å². The van der Waals surface area contributed by atoms with Crippen LogP contribution in [0.4, 0.5) is 5.69 Å². The molecule has 1 N–H and O–H groups in total. The minimum absolute atomic E-state index is 0.0881. The van der Waals surface area contributed by atoms with Crippen molar-refractivity contribution < 1.29 is 18.1 Å². The normalized spacial score (nSPS) is 11.5. The van der Waals surface area contributed by atoms with Crippen molar-refractivity contribution in [1.82, 2.24) is 9.62 Å². The number of nitro benzene ring substituents is 1. The van der Waals surface area contributed by atoms with E-state index in [2.05, 4.69) is 5.32 Å². The lowest BCUT2D eigenvalue weighted by Gasteiger charge is -2.17. The van der Waals surface area contributed by atoms with Crippen molar-refractivity contribution in [3.05, 3.63) is 38.9 Å². The minimum atomic E-state index is -3.27. The van der Waals surface area contributed by atoms with Crippen LogP contribution in [0, 0.1) is 10.1 Å². The van der Waals surface area contributed by atoms with Crippen LogP contribution in [-0.2, 0) is 10.0 Å². The summed E-state index contributed by atoms with van der Waals surface area (Å²) < 4.78 is 24.1. The molecule has 1 aromatic carbocycles. The molecule has 0 aliphatic rings. The summed E-state index contributed by atoms with van der Waals surface area (Å²) in [4.78, 5) is 22.3. The van der Waals surface area contributed by atoms with Crippen LogP contribution in [0.2, 0.25) is 5.02 Å². The number of benzene rings is 1. The highest BCUT2D eigenvalue weighted by Crippen LogP contribution is 2.23. The highest BCUT2D eigenvalue weighted by Gasteiger charge is 2.20. The van der Waals surface area contributed by atoms with Crippen LogP contribution >= 0.6 is 11.6 Å². The first-order chi connectivity index (χ1) is 10.7. The Labute approximate surface area is 139 Å². The van der Waals surface area contributed by atoms with Crippen molar-refractivity contribution in [2.75, 3.05) is 25.9 Å². The fraction of sp³-hybridized carbons (Fsp3) is 0.462. The van der Waals surface area contributed by atoms with Crippen LogP contribution in [0.5, 0.6) is 0 Å². The highest BCUT2D eigenvalue weighted by molar-refractivity contribution is 7.88. The van der Waals surface area contributed by atoms with E-state index in [0.29, 0.717) is 13.0 Å². The number of nitro groups is 1. The summed E-state index contributed by atoms with van der Waals surface area (Å²) in [7, 11) is -3.27. The Hall–Kier alpha value is -1.71. The monoisotopic (exact) mass is 363 g/mol. The molecule has 0 atom stereocenters. The lowest BCUT2D eigenvalue weighted by atomic mass is 10.1. The first-order valence-electron chi connectivity index (χ1n) is 6.84. The van der Waals surface area contributed by atoms with E-state index >= 15 is 0 Å². The molecule has 1 aromatic rings. The van der Waals surface area contributed by atoms with E-state index in [9.17, 15) is 23.3 Å². The van der Waals surface area contributed by atoms with Gasteiger partial charge < -0.3 is 5.32 Å². The highest BCUT2D eigenvalue weighted by atomic mass is 35.5. The number of nitrogens with one attached hydrogen (secondary N) is 1. The predicted molar refractivity (Wildman–Crippen MR) is 87.1 cm³/mol. The molecular weight excluding hydrogens is 346 g/mol. The molecule has 0 spiro atoms. The molecule has 1 rings (SSSR count). The lowest BCUT2D eigenvalue weighted by molar-refractivity contribution is -0.385. The smallest absolute Gasteiger partial charge is 0.283 e. The molecule has 0 aliphatic carbocycles. The van der Waals surface area contributed by atoms with E-state index in [1.807, 2.05) is 0 Å². The number of carbonyl (C=O) groups is 1. The average Bonchev–Trinajstić information content (AvgIpc) is 2.45. The van der Waals surface area contributed by atoms with Crippen molar-refractivity contribution >= 4 is 33.2 Å². The maximum Gasteiger partial charge on any atom is 0.283 e. The maximum atomic E-state index is 12.0. The number of amides is 1. The Bertz CT molecular complexity index is 693. The van der Waals surface area contributed by atoms with E-state index in [0.717, 1.165) is 12.3 Å². The average molecular weight is 364 g/mol. The van der Waals surface area contributed by atoms with Crippen molar-refractivity contribution in [2.24, 2.45) is 0 Å². The summed E-state index contributed by atoms with van der Waals surface area (Å²) in [6.07, 6.45) is 1.51. The van der Waals surface area contributed by atoms with Crippen molar-refractivity contribution in [1.29, 1.82) is 0 Å². The number of sulfonamides is 1. The molecule has 8 nitrogen and oxygen atoms in total. The van der Waals surface area contributed by atoms with Crippen molar-refractivity contribution in [2.45, 2.75) is 13.3 Å². The van der Waals surface area contributed by atoms with Gasteiger partial charge in [0.05, 0.1) is 11.2 Å². The van der Waals surface area contributed by atoms with Crippen LogP contribution in [0.3, 0.4) is 0 Å². The van der Waals surface area contributed by atoms with Gasteiger partial charge in [-0.3, -0.25) is 14.9 Å². The van der Waals surface area contributed by atoms with Gasteiger partial charge in [0.1, 0.15) is 5.56 Å². The van der Waals surface area contributed by atoms with Gasteiger partial charge in [0, 0.05) is 30.7 Å². The molecule has 0 aliphatic heterocycles. The standard InChI is InChI=1S/C13H18ClN3O5S/c1-3-16(23(2,21)22)8-4-7-15-13(18)11-6-5-10(14)9-12(11)17(19)20/h5-6,9H,3-4,7-8H2,1-2H3,(H,15,18). The molecule has 0 radical (unpaired) electrons. The molecule has 23 heavy (non-hydrogen) atoms. The van der Waals surface area contributed by atoms with Crippen LogP contribution in [0.25, 0.3) is 0 Å². The number of hydrogen-bond donors (Lipinski definition) is 1. The summed E-state index contributed by atoms with van der Waals surface area (Å²) in [6.45, 7) is 2.52. The summed E-state index contributed by atoms with van der Waals surface area (Å²) in [6, 6.07) is 3.79. The molecule has 0 heterocycles. The Balaban J connectivity index is 2.63. The topological polar surface area (TPSA) is 110 Å². The van der Waals surface area contributed by atoms with Gasteiger partial charge in [-0.15, -0.1) is 0 Å². The Morgan fingerprint density at radius 3 is 2.61 bits per heavy atom. The van der Waals surface area contributed by atoms with Gasteiger partial charge in [0.2, 0.25) is 10.0 Å². The van der Waals surface area contributed by atoms with E-state index in [1.165, 1.54) is 16.4 Å². The lowest BCUT2D eigenvalue weighted by Crippen LogP contribution is -2.33. The number of carbonyl (C=O) groups excluding carboxylic acids is 1. The summed E-state index contributed by atoms with van der Waals surface area (Å²) in [5.41, 5.74) is -0.462. The maximum absolute atomic E-state index is 12.0. The molecule has 128 valence electrons. The van der Waals surface area contributed by atoms with Gasteiger partial charge in [-0.2, -0.15) is 0 Å². The molecule has 0 bridgehead atoms. The largest absolute Gasteiger partial charge is 0.352 e. The Morgan fingerprint density at radius 2 is 2.09 bits per heavy atom. The second kappa shape index (κ2) is 8.23. The quantitative estimate of drug-likeness (QED) is 0.429. The second-order valence-corrected chi connectivity index (χ2v) is 7.20. The van der Waals surface area contributed by atoms with Gasteiger partial charge in [-0.05, 0) is 18.6 Å². The third-order valence-electron chi connectivity index (χ3n) is 3.09. The van der Waals surface area contributed by atoms with E-state index in [4.69, 9.17) is 11.6 Å². The van der Waals surface area contributed by atoms with Crippen LogP contribution in [-0.4, -0.2) is 49.4 Å². The first kappa shape index (κ1) is 19.3. The second-order valence-electron chi connectivity index (χ2n) is 4.78. The van der Waals surface area contributed by atoms with E-state index in [-0.39, 0.29) is 29.4 Å². The number of halogens is 1. The zero-order chi connectivity index (χ0) is 17.6. The zero-order valence-corrected chi connectivity index (χ0v) is 14.4. The summed E-state index contributed by atoms with van der Waals surface area (Å²) >= 11 is 5.69. The molecule has 0 aromatic heterocycles. The summed E-state index contributed by atoms with van der Waals surface area (Å²) in [5, 5.41) is 13.6. The van der Waals surface area contributed by atoms with Gasteiger partial charge in [0.25, 0.3) is 11.6 Å². The minimum Gasteiger partial charge on any atom is -0.352 e.